The molecule has 3 rings (SSSR count). The number of aromatic nitrogens is 2. The molecule has 1 aliphatic rings. The molecular formula is C16H18FN3O. The first-order chi connectivity index (χ1) is 10.1. The molecule has 110 valence electrons. The van der Waals surface area contributed by atoms with Gasteiger partial charge < -0.3 is 10.1 Å². The lowest BCUT2D eigenvalue weighted by Gasteiger charge is -2.09. The Kier molecular flexibility index (Phi) is 3.84. The van der Waals surface area contributed by atoms with E-state index in [0.717, 1.165) is 17.8 Å². The van der Waals surface area contributed by atoms with Gasteiger partial charge in [-0.3, -0.25) is 0 Å². The molecule has 0 aliphatic heterocycles. The van der Waals surface area contributed by atoms with E-state index in [0.29, 0.717) is 17.4 Å². The zero-order chi connectivity index (χ0) is 14.8. The Balaban J connectivity index is 1.70. The van der Waals surface area contributed by atoms with Crippen LogP contribution in [-0.4, -0.2) is 16.0 Å². The summed E-state index contributed by atoms with van der Waals surface area (Å²) >= 11 is 0. The molecular weight excluding hydrogens is 269 g/mol. The van der Waals surface area contributed by atoms with Crippen LogP contribution in [0.2, 0.25) is 0 Å². The normalized spacial score (nSPS) is 14.2. The van der Waals surface area contributed by atoms with Crippen LogP contribution in [0.3, 0.4) is 0 Å². The van der Waals surface area contributed by atoms with Crippen LogP contribution in [0.5, 0.6) is 11.8 Å². The molecule has 2 aromatic rings. The quantitative estimate of drug-likeness (QED) is 0.916. The molecule has 0 atom stereocenters. The molecule has 21 heavy (non-hydrogen) atoms. The van der Waals surface area contributed by atoms with Crippen LogP contribution in [0.25, 0.3) is 0 Å². The lowest BCUT2D eigenvalue weighted by molar-refractivity contribution is 0.437. The maximum atomic E-state index is 13.2. The number of hydrogen-bond acceptors (Lipinski definition) is 4. The first kappa shape index (κ1) is 13.9. The zero-order valence-electron chi connectivity index (χ0n) is 12.2. The lowest BCUT2D eigenvalue weighted by atomic mass is 10.2. The average molecular weight is 287 g/mol. The molecule has 0 radical (unpaired) electrons. The summed E-state index contributed by atoms with van der Waals surface area (Å²) in [6.45, 7) is 4.42. The van der Waals surface area contributed by atoms with Crippen molar-refractivity contribution in [2.24, 2.45) is 0 Å². The van der Waals surface area contributed by atoms with E-state index in [2.05, 4.69) is 15.3 Å². The van der Waals surface area contributed by atoms with Crippen LogP contribution < -0.4 is 10.1 Å². The third-order valence-corrected chi connectivity index (χ3v) is 3.56. The van der Waals surface area contributed by atoms with Gasteiger partial charge in [-0.05, 0) is 50.5 Å². The van der Waals surface area contributed by atoms with Gasteiger partial charge in [0.2, 0.25) is 0 Å². The van der Waals surface area contributed by atoms with Crippen molar-refractivity contribution in [2.75, 3.05) is 0 Å². The smallest absolute Gasteiger partial charge is 0.322 e. The number of benzene rings is 1. The van der Waals surface area contributed by atoms with E-state index in [-0.39, 0.29) is 11.8 Å². The van der Waals surface area contributed by atoms with Crippen LogP contribution in [0, 0.1) is 19.7 Å². The fourth-order valence-corrected chi connectivity index (χ4v) is 2.02. The minimum Gasteiger partial charge on any atom is -0.424 e. The van der Waals surface area contributed by atoms with E-state index in [1.807, 2.05) is 6.92 Å². The third kappa shape index (κ3) is 3.55. The molecule has 0 spiro atoms. The minimum absolute atomic E-state index is 0.249. The highest BCUT2D eigenvalue weighted by Crippen LogP contribution is 2.22. The highest BCUT2D eigenvalue weighted by molar-refractivity contribution is 5.31. The molecule has 4 nitrogen and oxygen atoms in total. The van der Waals surface area contributed by atoms with Crippen LogP contribution in [-0.2, 0) is 6.54 Å². The van der Waals surface area contributed by atoms with Crippen LogP contribution in [0.1, 0.15) is 29.7 Å². The first-order valence-electron chi connectivity index (χ1n) is 7.12. The fraction of sp³-hybridized carbons (Fsp3) is 0.375. The molecule has 1 heterocycles. The summed E-state index contributed by atoms with van der Waals surface area (Å²) in [5.41, 5.74) is 2.51. The summed E-state index contributed by atoms with van der Waals surface area (Å²) in [4.78, 5) is 8.57. The van der Waals surface area contributed by atoms with Gasteiger partial charge in [-0.25, -0.2) is 9.37 Å². The standard InChI is InChI=1S/C16H18FN3O/c1-10-7-14(5-6-15(10)17)21-16-19-9-12(11(2)20-16)8-18-13-3-4-13/h5-7,9,13,18H,3-4,8H2,1-2H3. The summed E-state index contributed by atoms with van der Waals surface area (Å²) in [5.74, 6) is 0.290. The van der Waals surface area contributed by atoms with Gasteiger partial charge >= 0.3 is 6.01 Å². The SMILES string of the molecule is Cc1cc(Oc2ncc(CNC3CC3)c(C)n2)ccc1F. The van der Waals surface area contributed by atoms with Gasteiger partial charge in [0, 0.05) is 30.0 Å². The van der Waals surface area contributed by atoms with Crippen LogP contribution >= 0.6 is 0 Å². The second-order valence-electron chi connectivity index (χ2n) is 5.43. The van der Waals surface area contributed by atoms with Crippen molar-refractivity contribution in [3.05, 3.63) is 47.0 Å². The minimum atomic E-state index is -0.249. The average Bonchev–Trinajstić information content (AvgIpc) is 3.26. The number of ether oxygens (including phenoxy) is 1. The van der Waals surface area contributed by atoms with Crippen molar-refractivity contribution in [1.82, 2.24) is 15.3 Å². The predicted molar refractivity (Wildman–Crippen MR) is 77.8 cm³/mol. The van der Waals surface area contributed by atoms with E-state index in [1.54, 1.807) is 25.3 Å². The number of nitrogens with zero attached hydrogens (tertiary/aromatic N) is 2. The highest BCUT2D eigenvalue weighted by atomic mass is 19.1. The van der Waals surface area contributed by atoms with Crippen molar-refractivity contribution in [3.8, 4) is 11.8 Å². The molecule has 1 N–H and O–H groups in total. The maximum Gasteiger partial charge on any atom is 0.322 e. The number of nitrogens with one attached hydrogen (secondary N) is 1. The van der Waals surface area contributed by atoms with E-state index in [1.165, 1.54) is 18.9 Å². The summed E-state index contributed by atoms with van der Waals surface area (Å²) in [5, 5.41) is 3.43. The molecule has 1 aromatic heterocycles. The van der Waals surface area contributed by atoms with E-state index < -0.39 is 0 Å². The van der Waals surface area contributed by atoms with E-state index >= 15 is 0 Å². The number of halogens is 1. The van der Waals surface area contributed by atoms with Gasteiger partial charge in [-0.2, -0.15) is 4.98 Å². The summed E-state index contributed by atoms with van der Waals surface area (Å²) < 4.78 is 18.8. The summed E-state index contributed by atoms with van der Waals surface area (Å²) in [7, 11) is 0. The predicted octanol–water partition coefficient (Wildman–Crippen LogP) is 3.28. The Labute approximate surface area is 123 Å². The molecule has 1 saturated carbocycles. The van der Waals surface area contributed by atoms with Crippen LogP contribution in [0.4, 0.5) is 4.39 Å². The Hall–Kier alpha value is -2.01. The molecule has 1 aliphatic carbocycles. The Morgan fingerprint density at radius 3 is 2.81 bits per heavy atom. The lowest BCUT2D eigenvalue weighted by Crippen LogP contribution is -2.16. The fourth-order valence-electron chi connectivity index (χ4n) is 2.02. The molecule has 0 unspecified atom stereocenters. The molecule has 1 fully saturated rings. The van der Waals surface area contributed by atoms with Crippen molar-refractivity contribution < 1.29 is 9.13 Å². The summed E-state index contributed by atoms with van der Waals surface area (Å²) in [6, 6.07) is 5.53. The van der Waals surface area contributed by atoms with E-state index in [4.69, 9.17) is 4.74 Å². The van der Waals surface area contributed by atoms with Crippen LogP contribution in [0.15, 0.2) is 24.4 Å². The van der Waals surface area contributed by atoms with Crippen molar-refractivity contribution in [3.63, 3.8) is 0 Å². The van der Waals surface area contributed by atoms with E-state index in [9.17, 15) is 4.39 Å². The molecule has 0 saturated heterocycles. The molecule has 5 heteroatoms. The van der Waals surface area contributed by atoms with Gasteiger partial charge in [0.1, 0.15) is 11.6 Å². The zero-order valence-corrected chi connectivity index (χ0v) is 12.2. The number of hydrogen-bond donors (Lipinski definition) is 1. The second-order valence-corrected chi connectivity index (χ2v) is 5.43. The monoisotopic (exact) mass is 287 g/mol. The van der Waals surface area contributed by atoms with Gasteiger partial charge in [0.15, 0.2) is 0 Å². The largest absolute Gasteiger partial charge is 0.424 e. The Morgan fingerprint density at radius 2 is 2.14 bits per heavy atom. The Bertz CT molecular complexity index is 656. The molecule has 1 aromatic carbocycles. The molecule has 0 amide bonds. The molecule has 0 bridgehead atoms. The van der Waals surface area contributed by atoms with Crippen molar-refractivity contribution in [2.45, 2.75) is 39.3 Å². The van der Waals surface area contributed by atoms with Gasteiger partial charge in [-0.15, -0.1) is 0 Å². The second kappa shape index (κ2) is 5.77. The first-order valence-corrected chi connectivity index (χ1v) is 7.12. The van der Waals surface area contributed by atoms with Crippen molar-refractivity contribution in [1.29, 1.82) is 0 Å². The van der Waals surface area contributed by atoms with Gasteiger partial charge in [0.25, 0.3) is 0 Å². The summed E-state index contributed by atoms with van der Waals surface area (Å²) in [6.07, 6.45) is 4.29. The third-order valence-electron chi connectivity index (χ3n) is 3.56. The van der Waals surface area contributed by atoms with Gasteiger partial charge in [0.05, 0.1) is 0 Å². The Morgan fingerprint density at radius 1 is 1.33 bits per heavy atom. The number of aryl methyl sites for hydroxylation is 2. The van der Waals surface area contributed by atoms with Crippen molar-refractivity contribution >= 4 is 0 Å². The topological polar surface area (TPSA) is 47.0 Å². The number of rotatable bonds is 5. The van der Waals surface area contributed by atoms with Gasteiger partial charge in [-0.1, -0.05) is 0 Å². The maximum absolute atomic E-state index is 13.2. The highest BCUT2D eigenvalue weighted by Gasteiger charge is 2.20.